The number of halogens is 2. The fourth-order valence-electron chi connectivity index (χ4n) is 1.75. The van der Waals surface area contributed by atoms with E-state index in [2.05, 4.69) is 20.3 Å². The molecule has 0 saturated heterocycles. The van der Waals surface area contributed by atoms with E-state index in [9.17, 15) is 14.4 Å². The zero-order chi connectivity index (χ0) is 14.0. The fourth-order valence-corrected chi connectivity index (χ4v) is 1.75. The smallest absolute Gasteiger partial charge is 0.327 e. The van der Waals surface area contributed by atoms with Gasteiger partial charge in [-0.1, -0.05) is 0 Å². The van der Waals surface area contributed by atoms with Gasteiger partial charge in [0, 0.05) is 13.1 Å². The molecule has 0 unspecified atom stereocenters. The van der Waals surface area contributed by atoms with E-state index < -0.39 is 17.2 Å². The molecular weight excluding hydrogens is 321 g/mol. The van der Waals surface area contributed by atoms with Crippen LogP contribution in [0.3, 0.4) is 0 Å². The molecule has 0 aliphatic carbocycles. The number of carbonyl (C=O) groups excluding carboxylic acids is 1. The Morgan fingerprint density at radius 2 is 2.00 bits per heavy atom. The summed E-state index contributed by atoms with van der Waals surface area (Å²) in [7, 11) is 0. The van der Waals surface area contributed by atoms with Crippen LogP contribution in [-0.4, -0.2) is 33.9 Å². The number of hydrogen-bond acceptors (Lipinski definition) is 5. The van der Waals surface area contributed by atoms with E-state index in [0.29, 0.717) is 18.7 Å². The van der Waals surface area contributed by atoms with Gasteiger partial charge < -0.3 is 11.1 Å². The van der Waals surface area contributed by atoms with Crippen LogP contribution in [0.1, 0.15) is 16.1 Å². The molecule has 0 fully saturated rings. The highest BCUT2D eigenvalue weighted by atomic mass is 35.5. The quantitative estimate of drug-likeness (QED) is 0.597. The summed E-state index contributed by atoms with van der Waals surface area (Å²) < 4.78 is 0. The van der Waals surface area contributed by atoms with Crippen LogP contribution in [0.25, 0.3) is 11.0 Å². The van der Waals surface area contributed by atoms with E-state index in [-0.39, 0.29) is 41.5 Å². The monoisotopic (exact) mass is 335 g/mol. The fraction of sp³-hybridized carbons (Fsp3) is 0.273. The molecule has 2 rings (SSSR count). The summed E-state index contributed by atoms with van der Waals surface area (Å²) in [6, 6.07) is 1.49. The number of amides is 1. The third-order valence-electron chi connectivity index (χ3n) is 2.57. The number of H-pyrrole nitrogens is 2. The Morgan fingerprint density at radius 3 is 2.62 bits per heavy atom. The topological polar surface area (TPSA) is 134 Å². The molecule has 0 aliphatic heterocycles. The minimum atomic E-state index is -0.663. The van der Waals surface area contributed by atoms with Crippen LogP contribution in [0.2, 0.25) is 0 Å². The maximum Gasteiger partial charge on any atom is 0.327 e. The standard InChI is InChI=1S/C11H13N5O3.2ClH/c1-5-4-6(9(17)13-3-2-12)14-8-7(5)10(18)16-11(19)15-8;;/h4H,2-3,12H2,1H3,(H,13,17)(H2,14,15,16,18,19);2*1H. The van der Waals surface area contributed by atoms with E-state index in [1.807, 2.05) is 0 Å². The number of aromatic amines is 2. The van der Waals surface area contributed by atoms with E-state index in [1.165, 1.54) is 6.07 Å². The molecule has 0 bridgehead atoms. The number of aryl methyl sites for hydroxylation is 1. The second-order valence-electron chi connectivity index (χ2n) is 4.00. The molecule has 0 saturated carbocycles. The third kappa shape index (κ3) is 4.03. The number of nitrogens with zero attached hydrogens (tertiary/aromatic N) is 1. The number of carbonyl (C=O) groups is 1. The maximum absolute atomic E-state index is 11.8. The second-order valence-corrected chi connectivity index (χ2v) is 4.00. The van der Waals surface area contributed by atoms with Gasteiger partial charge in [-0.3, -0.25) is 19.6 Å². The molecule has 0 atom stereocenters. The van der Waals surface area contributed by atoms with Crippen molar-refractivity contribution in [3.05, 3.63) is 38.2 Å². The van der Waals surface area contributed by atoms with Crippen LogP contribution in [0.4, 0.5) is 0 Å². The van der Waals surface area contributed by atoms with E-state index >= 15 is 0 Å². The minimum absolute atomic E-state index is 0. The Hall–Kier alpha value is -1.90. The number of pyridine rings is 1. The lowest BCUT2D eigenvalue weighted by molar-refractivity contribution is 0.0950. The molecule has 0 aliphatic rings. The average Bonchev–Trinajstić information content (AvgIpc) is 2.34. The van der Waals surface area contributed by atoms with Crippen molar-refractivity contribution < 1.29 is 4.79 Å². The summed E-state index contributed by atoms with van der Waals surface area (Å²) in [5, 5.41) is 2.82. The van der Waals surface area contributed by atoms with Gasteiger partial charge in [0.2, 0.25) is 0 Å². The Kier molecular flexibility index (Phi) is 7.07. The van der Waals surface area contributed by atoms with Crippen molar-refractivity contribution in [2.45, 2.75) is 6.92 Å². The van der Waals surface area contributed by atoms with E-state index in [4.69, 9.17) is 5.73 Å². The molecule has 0 radical (unpaired) electrons. The zero-order valence-corrected chi connectivity index (χ0v) is 12.7. The number of rotatable bonds is 3. The van der Waals surface area contributed by atoms with Crippen molar-refractivity contribution in [3.63, 3.8) is 0 Å². The number of aromatic nitrogens is 3. The first-order valence-electron chi connectivity index (χ1n) is 5.65. The lowest BCUT2D eigenvalue weighted by atomic mass is 10.1. The molecule has 116 valence electrons. The van der Waals surface area contributed by atoms with Crippen molar-refractivity contribution in [1.82, 2.24) is 20.3 Å². The molecule has 0 aromatic carbocycles. The van der Waals surface area contributed by atoms with Gasteiger partial charge >= 0.3 is 5.69 Å². The lowest BCUT2D eigenvalue weighted by Crippen LogP contribution is -2.30. The SMILES string of the molecule is Cc1cc(C(=O)NCCN)nc2[nH]c(=O)[nH]c(=O)c12.Cl.Cl. The summed E-state index contributed by atoms with van der Waals surface area (Å²) in [4.78, 5) is 43.1. The van der Waals surface area contributed by atoms with Gasteiger partial charge in [-0.15, -0.1) is 24.8 Å². The largest absolute Gasteiger partial charge is 0.349 e. The molecule has 21 heavy (non-hydrogen) atoms. The Bertz CT molecular complexity index is 756. The normalized spacial score (nSPS) is 9.62. The van der Waals surface area contributed by atoms with Crippen molar-refractivity contribution in [2.24, 2.45) is 5.73 Å². The molecule has 2 aromatic rings. The van der Waals surface area contributed by atoms with Crippen LogP contribution in [0, 0.1) is 6.92 Å². The van der Waals surface area contributed by atoms with Gasteiger partial charge in [0.15, 0.2) is 0 Å². The first-order chi connectivity index (χ1) is 9.02. The van der Waals surface area contributed by atoms with Gasteiger partial charge in [0.1, 0.15) is 11.3 Å². The molecule has 1 amide bonds. The molecule has 10 heteroatoms. The van der Waals surface area contributed by atoms with Crippen LogP contribution < -0.4 is 22.3 Å². The predicted molar refractivity (Wildman–Crippen MR) is 83.6 cm³/mol. The predicted octanol–water partition coefficient (Wildman–Crippen LogP) is -0.548. The average molecular weight is 336 g/mol. The number of fused-ring (bicyclic) bond motifs is 1. The summed E-state index contributed by atoms with van der Waals surface area (Å²) in [6.07, 6.45) is 0. The van der Waals surface area contributed by atoms with Crippen LogP contribution in [-0.2, 0) is 0 Å². The van der Waals surface area contributed by atoms with Crippen LogP contribution in [0.5, 0.6) is 0 Å². The Labute approximate surface area is 131 Å². The van der Waals surface area contributed by atoms with Crippen molar-refractivity contribution >= 4 is 41.8 Å². The van der Waals surface area contributed by atoms with Crippen molar-refractivity contribution in [1.29, 1.82) is 0 Å². The van der Waals surface area contributed by atoms with Crippen LogP contribution >= 0.6 is 24.8 Å². The Balaban J connectivity index is 0.00000200. The van der Waals surface area contributed by atoms with Gasteiger partial charge in [-0.25, -0.2) is 9.78 Å². The van der Waals surface area contributed by atoms with Gasteiger partial charge in [0.25, 0.3) is 11.5 Å². The summed E-state index contributed by atoms with van der Waals surface area (Å²) >= 11 is 0. The summed E-state index contributed by atoms with van der Waals surface area (Å²) in [6.45, 7) is 2.30. The van der Waals surface area contributed by atoms with E-state index in [1.54, 1.807) is 6.92 Å². The summed E-state index contributed by atoms with van der Waals surface area (Å²) in [5.74, 6) is -0.406. The number of nitrogens with two attached hydrogens (primary N) is 1. The van der Waals surface area contributed by atoms with Crippen molar-refractivity contribution in [3.8, 4) is 0 Å². The maximum atomic E-state index is 11.8. The van der Waals surface area contributed by atoms with E-state index in [0.717, 1.165) is 0 Å². The van der Waals surface area contributed by atoms with Gasteiger partial charge in [0.05, 0.1) is 5.39 Å². The van der Waals surface area contributed by atoms with Crippen molar-refractivity contribution in [2.75, 3.05) is 13.1 Å². The summed E-state index contributed by atoms with van der Waals surface area (Å²) in [5.41, 5.74) is 4.86. The molecule has 2 aromatic heterocycles. The number of hydrogen-bond donors (Lipinski definition) is 4. The first-order valence-corrected chi connectivity index (χ1v) is 5.65. The molecular formula is C11H15Cl2N5O3. The highest BCUT2D eigenvalue weighted by Crippen LogP contribution is 2.10. The lowest BCUT2D eigenvalue weighted by Gasteiger charge is -2.06. The zero-order valence-electron chi connectivity index (χ0n) is 11.1. The van der Waals surface area contributed by atoms with Crippen LogP contribution in [0.15, 0.2) is 15.7 Å². The molecule has 8 nitrogen and oxygen atoms in total. The molecule has 5 N–H and O–H groups in total. The van der Waals surface area contributed by atoms with Gasteiger partial charge in [-0.05, 0) is 18.6 Å². The molecule has 0 spiro atoms. The first kappa shape index (κ1) is 19.1. The minimum Gasteiger partial charge on any atom is -0.349 e. The Morgan fingerprint density at radius 1 is 1.33 bits per heavy atom. The second kappa shape index (κ2) is 7.77. The van der Waals surface area contributed by atoms with Gasteiger partial charge in [-0.2, -0.15) is 0 Å². The third-order valence-corrected chi connectivity index (χ3v) is 2.57. The molecule has 2 heterocycles. The number of nitrogens with one attached hydrogen (secondary N) is 3. The highest BCUT2D eigenvalue weighted by Gasteiger charge is 2.12. The highest BCUT2D eigenvalue weighted by molar-refractivity contribution is 5.95.